The van der Waals surface area contributed by atoms with E-state index in [0.29, 0.717) is 25.7 Å². The van der Waals surface area contributed by atoms with Crippen molar-refractivity contribution >= 4 is 17.9 Å². The minimum absolute atomic E-state index is 0.111. The molecular formula is C63H104O6. The van der Waals surface area contributed by atoms with Crippen LogP contribution in [0.1, 0.15) is 252 Å². The van der Waals surface area contributed by atoms with Crippen molar-refractivity contribution in [3.8, 4) is 0 Å². The molecule has 6 nitrogen and oxygen atoms in total. The lowest BCUT2D eigenvalue weighted by Gasteiger charge is -2.18. The van der Waals surface area contributed by atoms with Gasteiger partial charge in [0.05, 0.1) is 0 Å². The van der Waals surface area contributed by atoms with Crippen molar-refractivity contribution in [3.63, 3.8) is 0 Å². The van der Waals surface area contributed by atoms with E-state index < -0.39 is 6.10 Å². The molecule has 0 N–H and O–H groups in total. The Kier molecular flexibility index (Phi) is 53.4. The molecule has 0 heterocycles. The fourth-order valence-electron chi connectivity index (χ4n) is 7.47. The van der Waals surface area contributed by atoms with E-state index in [9.17, 15) is 14.4 Å². The van der Waals surface area contributed by atoms with Gasteiger partial charge in [-0.3, -0.25) is 14.4 Å². The van der Waals surface area contributed by atoms with Gasteiger partial charge in [-0.25, -0.2) is 0 Å². The third kappa shape index (κ3) is 54.9. The van der Waals surface area contributed by atoms with Crippen LogP contribution in [-0.4, -0.2) is 37.2 Å². The van der Waals surface area contributed by atoms with E-state index in [1.54, 1.807) is 0 Å². The Morgan fingerprint density at radius 3 is 0.971 bits per heavy atom. The molecule has 0 aromatic carbocycles. The highest BCUT2D eigenvalue weighted by molar-refractivity contribution is 5.71. The molecule has 0 aliphatic carbocycles. The minimum Gasteiger partial charge on any atom is -0.462 e. The zero-order valence-corrected chi connectivity index (χ0v) is 44.8. The smallest absolute Gasteiger partial charge is 0.306 e. The summed E-state index contributed by atoms with van der Waals surface area (Å²) in [6.07, 6.45) is 76.5. The molecule has 69 heavy (non-hydrogen) atoms. The molecule has 0 fully saturated rings. The number of esters is 3. The summed E-state index contributed by atoms with van der Waals surface area (Å²) in [4.78, 5) is 38.1. The van der Waals surface area contributed by atoms with Gasteiger partial charge in [0.1, 0.15) is 13.2 Å². The highest BCUT2D eigenvalue weighted by Crippen LogP contribution is 2.14. The number of rotatable bonds is 50. The summed E-state index contributed by atoms with van der Waals surface area (Å²) >= 11 is 0. The molecule has 6 heteroatoms. The van der Waals surface area contributed by atoms with Crippen molar-refractivity contribution < 1.29 is 28.6 Å². The molecule has 0 saturated carbocycles. The standard InChI is InChI=1S/C63H104O6/c1-4-7-10-13-16-19-22-25-28-30-31-33-35-38-41-44-47-50-53-56-62(65)68-59-60(58-67-61(64)55-52-49-46-43-40-37-34-27-24-21-18-15-12-9-6-3)69-63(66)57-54-51-48-45-42-39-36-32-29-26-23-20-17-14-11-8-5-2/h9,12,16,18-19,21,25-29,31,33-34,38,40-41,43,60H,4-8,10-11,13-15,17,20,22-24,30,32,35-37,39,42,44-59H2,1-3H3/b12-9-,19-16-,21-18-,28-25-,29-26-,33-31-,34-27-,41-38-,43-40-/t60-/m1/s1. The van der Waals surface area contributed by atoms with E-state index in [2.05, 4.69) is 130 Å². The van der Waals surface area contributed by atoms with Crippen molar-refractivity contribution in [1.29, 1.82) is 0 Å². The lowest BCUT2D eigenvalue weighted by molar-refractivity contribution is -0.167. The monoisotopic (exact) mass is 957 g/mol. The zero-order valence-electron chi connectivity index (χ0n) is 44.8. The van der Waals surface area contributed by atoms with Gasteiger partial charge in [-0.1, -0.05) is 214 Å². The van der Waals surface area contributed by atoms with Gasteiger partial charge in [-0.15, -0.1) is 0 Å². The van der Waals surface area contributed by atoms with Crippen LogP contribution in [-0.2, 0) is 28.6 Å². The van der Waals surface area contributed by atoms with Crippen LogP contribution >= 0.6 is 0 Å². The van der Waals surface area contributed by atoms with E-state index in [-0.39, 0.29) is 31.1 Å². The summed E-state index contributed by atoms with van der Waals surface area (Å²) in [5.41, 5.74) is 0. The highest BCUT2D eigenvalue weighted by atomic mass is 16.6. The Balaban J connectivity index is 4.52. The molecule has 0 aromatic heterocycles. The number of hydrogen-bond donors (Lipinski definition) is 0. The summed E-state index contributed by atoms with van der Waals surface area (Å²) < 4.78 is 16.8. The molecule has 0 radical (unpaired) electrons. The second-order valence-corrected chi connectivity index (χ2v) is 18.5. The van der Waals surface area contributed by atoms with Crippen LogP contribution in [0.5, 0.6) is 0 Å². The first-order valence-corrected chi connectivity index (χ1v) is 28.4. The van der Waals surface area contributed by atoms with E-state index in [4.69, 9.17) is 14.2 Å². The van der Waals surface area contributed by atoms with Gasteiger partial charge in [-0.05, 0) is 128 Å². The van der Waals surface area contributed by atoms with Gasteiger partial charge in [0, 0.05) is 19.3 Å². The molecule has 0 aromatic rings. The second kappa shape index (κ2) is 56.7. The van der Waals surface area contributed by atoms with Crippen LogP contribution in [0.15, 0.2) is 109 Å². The summed E-state index contributed by atoms with van der Waals surface area (Å²) in [6, 6.07) is 0. The quantitative estimate of drug-likeness (QED) is 0.0262. The van der Waals surface area contributed by atoms with Gasteiger partial charge < -0.3 is 14.2 Å². The number of ether oxygens (including phenoxy) is 3. The van der Waals surface area contributed by atoms with Crippen molar-refractivity contribution in [2.24, 2.45) is 0 Å². The van der Waals surface area contributed by atoms with Gasteiger partial charge >= 0.3 is 17.9 Å². The third-order valence-electron chi connectivity index (χ3n) is 11.7. The van der Waals surface area contributed by atoms with Crippen LogP contribution in [0.25, 0.3) is 0 Å². The largest absolute Gasteiger partial charge is 0.462 e. The average Bonchev–Trinajstić information content (AvgIpc) is 3.35. The average molecular weight is 958 g/mol. The number of hydrogen-bond acceptors (Lipinski definition) is 6. The second-order valence-electron chi connectivity index (χ2n) is 18.5. The van der Waals surface area contributed by atoms with Crippen molar-refractivity contribution in [3.05, 3.63) is 109 Å². The zero-order chi connectivity index (χ0) is 50.0. The molecule has 0 aliphatic heterocycles. The predicted molar refractivity (Wildman–Crippen MR) is 297 cm³/mol. The Labute approximate surface area is 425 Å². The Hall–Kier alpha value is -3.93. The number of carbonyl (C=O) groups excluding carboxylic acids is 3. The number of carbonyl (C=O) groups is 3. The molecule has 0 unspecified atom stereocenters. The number of unbranched alkanes of at least 4 members (excludes halogenated alkanes) is 21. The number of allylic oxidation sites excluding steroid dienone is 18. The summed E-state index contributed by atoms with van der Waals surface area (Å²) in [6.45, 7) is 6.43. The maximum atomic E-state index is 12.9. The van der Waals surface area contributed by atoms with Crippen LogP contribution in [0.3, 0.4) is 0 Å². The molecular weight excluding hydrogens is 853 g/mol. The first kappa shape index (κ1) is 65.1. The molecule has 0 saturated heterocycles. The van der Waals surface area contributed by atoms with Crippen LogP contribution < -0.4 is 0 Å². The van der Waals surface area contributed by atoms with Gasteiger partial charge in [0.15, 0.2) is 6.10 Å². The topological polar surface area (TPSA) is 78.9 Å². The first-order chi connectivity index (χ1) is 34.0. The van der Waals surface area contributed by atoms with E-state index in [1.165, 1.54) is 103 Å². The maximum Gasteiger partial charge on any atom is 0.306 e. The van der Waals surface area contributed by atoms with Crippen LogP contribution in [0.4, 0.5) is 0 Å². The normalized spacial score (nSPS) is 12.9. The lowest BCUT2D eigenvalue weighted by atomic mass is 10.1. The molecule has 392 valence electrons. The molecule has 0 bridgehead atoms. The predicted octanol–water partition coefficient (Wildman–Crippen LogP) is 19.1. The van der Waals surface area contributed by atoms with E-state index in [1.807, 2.05) is 0 Å². The van der Waals surface area contributed by atoms with Crippen molar-refractivity contribution in [1.82, 2.24) is 0 Å². The van der Waals surface area contributed by atoms with Gasteiger partial charge in [0.2, 0.25) is 0 Å². The Bertz CT molecular complexity index is 1420. The molecule has 0 amide bonds. The van der Waals surface area contributed by atoms with Gasteiger partial charge in [0.25, 0.3) is 0 Å². The van der Waals surface area contributed by atoms with Crippen LogP contribution in [0, 0.1) is 0 Å². The molecule has 0 aliphatic rings. The fraction of sp³-hybridized carbons (Fsp3) is 0.667. The SMILES string of the molecule is CC/C=C\C/C=C\C/C=C\C/C=C\CCCCC(=O)OC[C@H](COC(=O)CCCCC/C=C\C/C=C\C/C=C\C/C=C\CCCCC)OC(=O)CCCCCCCCC/C=C\CCCCCCCC. The summed E-state index contributed by atoms with van der Waals surface area (Å²) in [5.74, 6) is -0.986. The highest BCUT2D eigenvalue weighted by Gasteiger charge is 2.19. The summed E-state index contributed by atoms with van der Waals surface area (Å²) in [7, 11) is 0. The third-order valence-corrected chi connectivity index (χ3v) is 11.7. The molecule has 0 rings (SSSR count). The fourth-order valence-corrected chi connectivity index (χ4v) is 7.47. The Morgan fingerprint density at radius 2 is 0.565 bits per heavy atom. The van der Waals surface area contributed by atoms with Crippen molar-refractivity contribution in [2.45, 2.75) is 258 Å². The van der Waals surface area contributed by atoms with Gasteiger partial charge in [-0.2, -0.15) is 0 Å². The van der Waals surface area contributed by atoms with E-state index >= 15 is 0 Å². The molecule has 0 spiro atoms. The lowest BCUT2D eigenvalue weighted by Crippen LogP contribution is -2.30. The first-order valence-electron chi connectivity index (χ1n) is 28.4. The van der Waals surface area contributed by atoms with Crippen molar-refractivity contribution in [2.75, 3.05) is 13.2 Å². The van der Waals surface area contributed by atoms with Crippen LogP contribution in [0.2, 0.25) is 0 Å². The Morgan fingerprint density at radius 1 is 0.304 bits per heavy atom. The summed E-state index contributed by atoms with van der Waals surface area (Å²) in [5, 5.41) is 0. The van der Waals surface area contributed by atoms with E-state index in [0.717, 1.165) is 103 Å². The minimum atomic E-state index is -0.813. The maximum absolute atomic E-state index is 12.9. The molecule has 1 atom stereocenters.